The minimum absolute atomic E-state index is 0.336. The van der Waals surface area contributed by atoms with Crippen molar-refractivity contribution in [3.05, 3.63) is 66.1 Å². The van der Waals surface area contributed by atoms with Gasteiger partial charge in [0.1, 0.15) is 11.5 Å². The lowest BCUT2D eigenvalue weighted by Gasteiger charge is -2.10. The maximum atomic E-state index is 11.9. The number of H-pyrrole nitrogens is 1. The molecule has 0 spiro atoms. The Morgan fingerprint density at radius 3 is 2.86 bits per heavy atom. The zero-order chi connectivity index (χ0) is 19.5. The lowest BCUT2D eigenvalue weighted by molar-refractivity contribution is 0.108. The number of carbonyl (C=O) groups is 1. The fourth-order valence-corrected chi connectivity index (χ4v) is 3.05. The minimum Gasteiger partial charge on any atom is -0.481 e. The van der Waals surface area contributed by atoms with Crippen molar-refractivity contribution in [2.75, 3.05) is 12.4 Å². The first kappa shape index (κ1) is 17.9. The van der Waals surface area contributed by atoms with Crippen LogP contribution in [0.5, 0.6) is 5.88 Å². The van der Waals surface area contributed by atoms with E-state index >= 15 is 0 Å². The number of nitrogens with zero attached hydrogens (tertiary/aromatic N) is 3. The number of nitrogens with one attached hydrogen (secondary N) is 2. The molecule has 4 rings (SSSR count). The van der Waals surface area contributed by atoms with E-state index in [0.29, 0.717) is 29.5 Å². The van der Waals surface area contributed by atoms with Gasteiger partial charge in [-0.1, -0.05) is 6.07 Å². The van der Waals surface area contributed by atoms with Gasteiger partial charge in [-0.3, -0.25) is 4.79 Å². The molecular formula is C20H16ClN5O2. The van der Waals surface area contributed by atoms with E-state index in [2.05, 4.69) is 25.3 Å². The zero-order valence-corrected chi connectivity index (χ0v) is 15.7. The number of anilines is 1. The fourth-order valence-electron chi connectivity index (χ4n) is 2.90. The van der Waals surface area contributed by atoms with Crippen LogP contribution < -0.4 is 10.1 Å². The highest BCUT2D eigenvalue weighted by atomic mass is 35.5. The Hall–Kier alpha value is -3.45. The number of methoxy groups -OCH3 is 1. The maximum absolute atomic E-state index is 11.9. The van der Waals surface area contributed by atoms with Crippen molar-refractivity contribution in [2.24, 2.45) is 0 Å². The van der Waals surface area contributed by atoms with Gasteiger partial charge in [0.25, 0.3) is 5.24 Å². The fraction of sp³-hybridized carbons (Fsp3) is 0.100. The first-order chi connectivity index (χ1) is 13.7. The largest absolute Gasteiger partial charge is 0.481 e. The quantitative estimate of drug-likeness (QED) is 0.480. The molecule has 0 unspecified atom stereocenters. The van der Waals surface area contributed by atoms with Gasteiger partial charge in [0, 0.05) is 42.2 Å². The lowest BCUT2D eigenvalue weighted by atomic mass is 10.1. The van der Waals surface area contributed by atoms with Gasteiger partial charge < -0.3 is 15.0 Å². The summed E-state index contributed by atoms with van der Waals surface area (Å²) in [6.45, 7) is 0.521. The van der Waals surface area contributed by atoms with Crippen molar-refractivity contribution in [2.45, 2.75) is 6.54 Å². The second-order valence-electron chi connectivity index (χ2n) is 6.03. The summed E-state index contributed by atoms with van der Waals surface area (Å²) in [6.07, 6.45) is 5.21. The zero-order valence-electron chi connectivity index (χ0n) is 14.9. The molecule has 0 saturated heterocycles. The molecule has 0 amide bonds. The number of hydrogen-bond acceptors (Lipinski definition) is 6. The highest BCUT2D eigenvalue weighted by Crippen LogP contribution is 2.30. The number of ether oxygens (including phenoxy) is 1. The molecule has 0 radical (unpaired) electrons. The van der Waals surface area contributed by atoms with Gasteiger partial charge in [0.15, 0.2) is 0 Å². The van der Waals surface area contributed by atoms with Crippen LogP contribution in [0, 0.1) is 0 Å². The number of carbonyl (C=O) groups excluding carboxylic acids is 1. The predicted octanol–water partition coefficient (Wildman–Crippen LogP) is 4.02. The summed E-state index contributed by atoms with van der Waals surface area (Å²) in [5.41, 5.74) is 3.29. The molecular weight excluding hydrogens is 378 g/mol. The summed E-state index contributed by atoms with van der Waals surface area (Å²) in [6, 6.07) is 10.9. The number of pyridine rings is 3. The normalized spacial score (nSPS) is 10.8. The Balaban J connectivity index is 1.66. The van der Waals surface area contributed by atoms with Crippen LogP contribution >= 0.6 is 11.6 Å². The molecule has 7 nitrogen and oxygen atoms in total. The Labute approximate surface area is 165 Å². The van der Waals surface area contributed by atoms with Crippen molar-refractivity contribution in [1.29, 1.82) is 0 Å². The average Bonchev–Trinajstić information content (AvgIpc) is 3.16. The summed E-state index contributed by atoms with van der Waals surface area (Å²) in [4.78, 5) is 28.1. The molecule has 28 heavy (non-hydrogen) atoms. The topological polar surface area (TPSA) is 92.8 Å². The summed E-state index contributed by atoms with van der Waals surface area (Å²) in [7, 11) is 1.58. The number of aromatic nitrogens is 4. The Morgan fingerprint density at radius 2 is 2.11 bits per heavy atom. The summed E-state index contributed by atoms with van der Waals surface area (Å²) in [5.74, 6) is 1.17. The number of aromatic amines is 1. The number of hydrogen-bond donors (Lipinski definition) is 2. The van der Waals surface area contributed by atoms with Gasteiger partial charge in [-0.15, -0.1) is 0 Å². The van der Waals surface area contributed by atoms with Crippen molar-refractivity contribution < 1.29 is 9.53 Å². The van der Waals surface area contributed by atoms with Crippen LogP contribution in [0.1, 0.15) is 15.9 Å². The van der Waals surface area contributed by atoms with Gasteiger partial charge in [0.05, 0.1) is 18.4 Å². The SMILES string of the molecule is COc1ccc(CNc2ccc(C(=O)Cl)c(-c3c[nH]c4ncccc34)n2)cn1. The molecule has 0 atom stereocenters. The third-order valence-electron chi connectivity index (χ3n) is 4.29. The molecule has 0 saturated carbocycles. The van der Waals surface area contributed by atoms with Crippen LogP contribution in [0.25, 0.3) is 22.3 Å². The Kier molecular flexibility index (Phi) is 4.90. The first-order valence-corrected chi connectivity index (χ1v) is 8.89. The van der Waals surface area contributed by atoms with Crippen LogP contribution in [-0.4, -0.2) is 32.3 Å². The van der Waals surface area contributed by atoms with Gasteiger partial charge >= 0.3 is 0 Å². The Bertz CT molecular complexity index is 1140. The molecule has 0 fully saturated rings. The van der Waals surface area contributed by atoms with E-state index in [1.165, 1.54) is 0 Å². The van der Waals surface area contributed by atoms with Crippen molar-refractivity contribution in [3.63, 3.8) is 0 Å². The molecule has 0 aromatic carbocycles. The highest BCUT2D eigenvalue weighted by molar-refractivity contribution is 6.68. The number of halogens is 1. The minimum atomic E-state index is -0.563. The molecule has 2 N–H and O–H groups in total. The lowest BCUT2D eigenvalue weighted by Crippen LogP contribution is -2.05. The second-order valence-corrected chi connectivity index (χ2v) is 6.37. The van der Waals surface area contributed by atoms with Crippen molar-refractivity contribution in [3.8, 4) is 17.1 Å². The van der Waals surface area contributed by atoms with Gasteiger partial charge in [-0.25, -0.2) is 15.0 Å². The van der Waals surface area contributed by atoms with Crippen LogP contribution in [0.3, 0.4) is 0 Å². The molecule has 0 aliphatic rings. The number of fused-ring (bicyclic) bond motifs is 1. The second kappa shape index (κ2) is 7.66. The van der Waals surface area contributed by atoms with Crippen molar-refractivity contribution in [1.82, 2.24) is 19.9 Å². The van der Waals surface area contributed by atoms with E-state index in [-0.39, 0.29) is 0 Å². The Morgan fingerprint density at radius 1 is 1.21 bits per heavy atom. The smallest absolute Gasteiger partial charge is 0.254 e. The van der Waals surface area contributed by atoms with E-state index < -0.39 is 5.24 Å². The summed E-state index contributed by atoms with van der Waals surface area (Å²) < 4.78 is 5.06. The van der Waals surface area contributed by atoms with Crippen molar-refractivity contribution >= 4 is 33.7 Å². The molecule has 140 valence electrons. The standard InChI is InChI=1S/C20H16ClN5O2/c1-28-17-7-4-12(10-24-17)9-23-16-6-5-14(19(21)27)18(26-16)15-11-25-20-13(15)3-2-8-22-20/h2-8,10-11H,9H2,1H3,(H,22,25)(H,23,26). The molecule has 0 aliphatic heterocycles. The molecule has 4 heterocycles. The van der Waals surface area contributed by atoms with Gasteiger partial charge in [0.2, 0.25) is 5.88 Å². The van der Waals surface area contributed by atoms with E-state index in [9.17, 15) is 4.79 Å². The van der Waals surface area contributed by atoms with Gasteiger partial charge in [-0.05, 0) is 41.4 Å². The van der Waals surface area contributed by atoms with E-state index in [4.69, 9.17) is 16.3 Å². The van der Waals surface area contributed by atoms with E-state index in [1.807, 2.05) is 18.2 Å². The van der Waals surface area contributed by atoms with Gasteiger partial charge in [-0.2, -0.15) is 0 Å². The van der Waals surface area contributed by atoms with E-state index in [0.717, 1.165) is 22.2 Å². The molecule has 0 aliphatic carbocycles. The van der Waals surface area contributed by atoms with Crippen LogP contribution in [0.4, 0.5) is 5.82 Å². The maximum Gasteiger partial charge on any atom is 0.254 e. The third-order valence-corrected chi connectivity index (χ3v) is 4.50. The van der Waals surface area contributed by atoms with Crippen LogP contribution in [0.15, 0.2) is 55.0 Å². The summed E-state index contributed by atoms with van der Waals surface area (Å²) >= 11 is 5.79. The predicted molar refractivity (Wildman–Crippen MR) is 108 cm³/mol. The average molecular weight is 394 g/mol. The molecule has 4 aromatic heterocycles. The molecule has 4 aromatic rings. The monoisotopic (exact) mass is 393 g/mol. The van der Waals surface area contributed by atoms with Crippen LogP contribution in [0.2, 0.25) is 0 Å². The van der Waals surface area contributed by atoms with Crippen LogP contribution in [-0.2, 0) is 6.54 Å². The van der Waals surface area contributed by atoms with E-state index in [1.54, 1.807) is 43.9 Å². The number of rotatable bonds is 6. The molecule has 8 heteroatoms. The third kappa shape index (κ3) is 3.52. The highest BCUT2D eigenvalue weighted by Gasteiger charge is 2.17. The first-order valence-electron chi connectivity index (χ1n) is 8.52. The summed E-state index contributed by atoms with van der Waals surface area (Å²) in [5, 5.41) is 3.55. The molecule has 0 bridgehead atoms.